The number of benzene rings is 2. The Kier molecular flexibility index (Phi) is 6.94. The zero-order valence-electron chi connectivity index (χ0n) is 16.7. The van der Waals surface area contributed by atoms with E-state index in [0.29, 0.717) is 25.5 Å². The number of carbonyl (C=O) groups is 2. The summed E-state index contributed by atoms with van der Waals surface area (Å²) in [6.07, 6.45) is 0.266. The van der Waals surface area contributed by atoms with Gasteiger partial charge in [0.15, 0.2) is 6.61 Å². The smallest absolute Gasteiger partial charge is 0.258 e. The number of hydrogen-bond acceptors (Lipinski definition) is 5. The van der Waals surface area contributed by atoms with Gasteiger partial charge in [-0.05, 0) is 62.4 Å². The molecule has 0 spiro atoms. The minimum Gasteiger partial charge on any atom is -0.494 e. The summed E-state index contributed by atoms with van der Waals surface area (Å²) >= 11 is 0. The summed E-state index contributed by atoms with van der Waals surface area (Å²) in [5, 5.41) is 2.87. The molecule has 0 bridgehead atoms. The Morgan fingerprint density at radius 1 is 0.931 bits per heavy atom. The molecule has 29 heavy (non-hydrogen) atoms. The van der Waals surface area contributed by atoms with E-state index in [2.05, 4.69) is 5.32 Å². The van der Waals surface area contributed by atoms with E-state index in [-0.39, 0.29) is 30.9 Å². The number of rotatable bonds is 9. The molecule has 1 saturated heterocycles. The summed E-state index contributed by atoms with van der Waals surface area (Å²) in [6.45, 7) is 5.35. The first-order valence-corrected chi connectivity index (χ1v) is 9.77. The first-order valence-electron chi connectivity index (χ1n) is 9.77. The maximum atomic E-state index is 12.3. The Morgan fingerprint density at radius 3 is 2.00 bits per heavy atom. The second-order valence-corrected chi connectivity index (χ2v) is 6.59. The van der Waals surface area contributed by atoms with E-state index in [1.165, 1.54) is 0 Å². The van der Waals surface area contributed by atoms with Gasteiger partial charge in [-0.1, -0.05) is 0 Å². The second kappa shape index (κ2) is 9.82. The molecule has 0 saturated carbocycles. The van der Waals surface area contributed by atoms with Crippen LogP contribution in [0.15, 0.2) is 48.5 Å². The first-order chi connectivity index (χ1) is 14.1. The van der Waals surface area contributed by atoms with Gasteiger partial charge in [0.1, 0.15) is 17.2 Å². The maximum Gasteiger partial charge on any atom is 0.258 e. The van der Waals surface area contributed by atoms with Crippen LogP contribution in [0.4, 0.5) is 5.69 Å². The Labute approximate surface area is 170 Å². The molecule has 1 fully saturated rings. The van der Waals surface area contributed by atoms with Gasteiger partial charge < -0.3 is 24.4 Å². The lowest BCUT2D eigenvalue weighted by molar-refractivity contribution is -0.123. The number of carbonyl (C=O) groups excluding carboxylic acids is 2. The fourth-order valence-electron chi connectivity index (χ4n) is 3.16. The summed E-state index contributed by atoms with van der Waals surface area (Å²) < 4.78 is 16.3. The lowest BCUT2D eigenvalue weighted by Gasteiger charge is -2.18. The van der Waals surface area contributed by atoms with Crippen LogP contribution in [-0.2, 0) is 9.59 Å². The monoisotopic (exact) mass is 398 g/mol. The van der Waals surface area contributed by atoms with Crippen molar-refractivity contribution in [3.05, 3.63) is 48.5 Å². The average Bonchev–Trinajstić information content (AvgIpc) is 3.08. The minimum atomic E-state index is -0.259. The Balaban J connectivity index is 1.48. The lowest BCUT2D eigenvalue weighted by Crippen LogP contribution is -2.39. The highest BCUT2D eigenvalue weighted by molar-refractivity contribution is 5.97. The van der Waals surface area contributed by atoms with Gasteiger partial charge in [0.05, 0.1) is 19.3 Å². The topological polar surface area (TPSA) is 77.1 Å². The van der Waals surface area contributed by atoms with Crippen LogP contribution < -0.4 is 24.4 Å². The second-order valence-electron chi connectivity index (χ2n) is 6.59. The maximum absolute atomic E-state index is 12.3. The average molecular weight is 398 g/mol. The Bertz CT molecular complexity index is 820. The van der Waals surface area contributed by atoms with Crippen molar-refractivity contribution in [2.24, 2.45) is 0 Å². The van der Waals surface area contributed by atoms with E-state index in [0.717, 1.165) is 17.2 Å². The van der Waals surface area contributed by atoms with Crippen molar-refractivity contribution in [2.75, 3.05) is 31.3 Å². The van der Waals surface area contributed by atoms with Crippen molar-refractivity contribution in [1.82, 2.24) is 5.32 Å². The van der Waals surface area contributed by atoms with E-state index < -0.39 is 0 Å². The van der Waals surface area contributed by atoms with Gasteiger partial charge in [-0.2, -0.15) is 0 Å². The van der Waals surface area contributed by atoms with Gasteiger partial charge in [0, 0.05) is 18.7 Å². The van der Waals surface area contributed by atoms with Crippen LogP contribution in [0, 0.1) is 0 Å². The van der Waals surface area contributed by atoms with Crippen molar-refractivity contribution in [3.63, 3.8) is 0 Å². The summed E-state index contributed by atoms with van der Waals surface area (Å²) in [5.74, 6) is 1.82. The van der Waals surface area contributed by atoms with Crippen molar-refractivity contribution in [2.45, 2.75) is 26.3 Å². The predicted molar refractivity (Wildman–Crippen MR) is 110 cm³/mol. The van der Waals surface area contributed by atoms with Gasteiger partial charge >= 0.3 is 0 Å². The number of nitrogens with one attached hydrogen (secondary N) is 1. The van der Waals surface area contributed by atoms with E-state index >= 15 is 0 Å². The van der Waals surface area contributed by atoms with Crippen LogP contribution in [0.1, 0.15) is 20.3 Å². The SMILES string of the molecule is CCOc1ccc(OCC(=O)NC2CC(=O)N(c3ccc(OCC)cc3)C2)cc1. The highest BCUT2D eigenvalue weighted by Crippen LogP contribution is 2.24. The lowest BCUT2D eigenvalue weighted by atomic mass is 10.2. The molecular weight excluding hydrogens is 372 g/mol. The minimum absolute atomic E-state index is 0.0214. The van der Waals surface area contributed by atoms with Gasteiger partial charge in [-0.15, -0.1) is 0 Å². The van der Waals surface area contributed by atoms with Crippen molar-refractivity contribution in [3.8, 4) is 17.2 Å². The number of hydrogen-bond donors (Lipinski definition) is 1. The molecule has 3 rings (SSSR count). The van der Waals surface area contributed by atoms with Crippen LogP contribution in [0.5, 0.6) is 17.2 Å². The third-order valence-corrected chi connectivity index (χ3v) is 4.45. The summed E-state index contributed by atoms with van der Waals surface area (Å²) in [6, 6.07) is 14.2. The van der Waals surface area contributed by atoms with Gasteiger partial charge in [-0.25, -0.2) is 0 Å². The standard InChI is InChI=1S/C22H26N2O5/c1-3-27-18-7-5-17(6-8-18)24-14-16(13-22(24)26)23-21(25)15-29-20-11-9-19(10-12-20)28-4-2/h5-12,16H,3-4,13-15H2,1-2H3,(H,23,25). The largest absolute Gasteiger partial charge is 0.494 e. The Hall–Kier alpha value is -3.22. The molecule has 1 unspecified atom stereocenters. The highest BCUT2D eigenvalue weighted by Gasteiger charge is 2.31. The third kappa shape index (κ3) is 5.63. The normalized spacial score (nSPS) is 15.9. The van der Waals surface area contributed by atoms with Crippen LogP contribution in [0.25, 0.3) is 0 Å². The molecular formula is C22H26N2O5. The molecule has 1 heterocycles. The van der Waals surface area contributed by atoms with Crippen LogP contribution in [-0.4, -0.2) is 44.2 Å². The van der Waals surface area contributed by atoms with E-state index in [1.807, 2.05) is 38.1 Å². The van der Waals surface area contributed by atoms with Crippen LogP contribution in [0.2, 0.25) is 0 Å². The van der Waals surface area contributed by atoms with Crippen LogP contribution in [0.3, 0.4) is 0 Å². The van der Waals surface area contributed by atoms with Crippen molar-refractivity contribution >= 4 is 17.5 Å². The zero-order valence-corrected chi connectivity index (χ0v) is 16.7. The quantitative estimate of drug-likeness (QED) is 0.703. The molecule has 2 amide bonds. The van der Waals surface area contributed by atoms with Crippen molar-refractivity contribution in [1.29, 1.82) is 0 Å². The molecule has 154 valence electrons. The molecule has 7 nitrogen and oxygen atoms in total. The third-order valence-electron chi connectivity index (χ3n) is 4.45. The van der Waals surface area contributed by atoms with E-state index in [1.54, 1.807) is 29.2 Å². The van der Waals surface area contributed by atoms with Crippen molar-refractivity contribution < 1.29 is 23.8 Å². The summed E-state index contributed by atoms with van der Waals surface area (Å²) in [4.78, 5) is 26.2. The number of ether oxygens (including phenoxy) is 3. The summed E-state index contributed by atoms with van der Waals surface area (Å²) in [5.41, 5.74) is 0.792. The molecule has 0 aliphatic carbocycles. The zero-order chi connectivity index (χ0) is 20.6. The molecule has 1 atom stereocenters. The molecule has 0 radical (unpaired) electrons. The fraction of sp³-hybridized carbons (Fsp3) is 0.364. The number of nitrogens with zero attached hydrogens (tertiary/aromatic N) is 1. The Morgan fingerprint density at radius 2 is 1.45 bits per heavy atom. The molecule has 7 heteroatoms. The highest BCUT2D eigenvalue weighted by atomic mass is 16.5. The fourth-order valence-corrected chi connectivity index (χ4v) is 3.16. The predicted octanol–water partition coefficient (Wildman–Crippen LogP) is 2.78. The molecule has 1 aliphatic heterocycles. The van der Waals surface area contributed by atoms with E-state index in [9.17, 15) is 9.59 Å². The summed E-state index contributed by atoms with van der Waals surface area (Å²) in [7, 11) is 0. The van der Waals surface area contributed by atoms with Gasteiger partial charge in [-0.3, -0.25) is 9.59 Å². The van der Waals surface area contributed by atoms with Crippen LogP contribution >= 0.6 is 0 Å². The molecule has 1 N–H and O–H groups in total. The number of anilines is 1. The first kappa shape index (κ1) is 20.5. The van der Waals surface area contributed by atoms with Gasteiger partial charge in [0.2, 0.25) is 5.91 Å². The molecule has 2 aromatic carbocycles. The van der Waals surface area contributed by atoms with Gasteiger partial charge in [0.25, 0.3) is 5.91 Å². The molecule has 0 aromatic heterocycles. The molecule has 2 aromatic rings. The molecule has 1 aliphatic rings. The number of amides is 2. The van der Waals surface area contributed by atoms with E-state index in [4.69, 9.17) is 14.2 Å².